The first-order valence-electron chi connectivity index (χ1n) is 11.5. The lowest BCUT2D eigenvalue weighted by Crippen LogP contribution is -2.62. The molecule has 4 rings (SSSR count). The molecule has 1 atom stereocenters. The smallest absolute Gasteiger partial charge is 0.338 e. The van der Waals surface area contributed by atoms with E-state index in [2.05, 4.69) is 49.0 Å². The van der Waals surface area contributed by atoms with Gasteiger partial charge in [0.15, 0.2) is 11.5 Å². The summed E-state index contributed by atoms with van der Waals surface area (Å²) in [6, 6.07) is 4.60. The molecule has 0 aliphatic carbocycles. The largest absolute Gasteiger partial charge is 0.463 e. The van der Waals surface area contributed by atoms with E-state index in [0.29, 0.717) is 29.3 Å². The van der Waals surface area contributed by atoms with E-state index in [-0.39, 0.29) is 36.6 Å². The van der Waals surface area contributed by atoms with Crippen LogP contribution in [0.3, 0.4) is 0 Å². The van der Waals surface area contributed by atoms with Crippen molar-refractivity contribution in [3.05, 3.63) is 35.0 Å². The van der Waals surface area contributed by atoms with Gasteiger partial charge >= 0.3 is 12.0 Å². The molecule has 4 N–H and O–H groups in total. The molecule has 3 aliphatic heterocycles. The number of amides is 2. The van der Waals surface area contributed by atoms with Crippen LogP contribution in [0.2, 0.25) is 0 Å². The van der Waals surface area contributed by atoms with E-state index in [9.17, 15) is 9.59 Å². The van der Waals surface area contributed by atoms with Gasteiger partial charge in [-0.1, -0.05) is 6.07 Å². The molecule has 1 fully saturated rings. The van der Waals surface area contributed by atoms with Crippen LogP contribution in [0.15, 0.2) is 29.5 Å². The molecular weight excluding hydrogens is 424 g/mol. The van der Waals surface area contributed by atoms with Gasteiger partial charge in [0.2, 0.25) is 6.79 Å². The molecule has 33 heavy (non-hydrogen) atoms. The molecule has 0 unspecified atom stereocenters. The molecular formula is C24H34N4O5. The van der Waals surface area contributed by atoms with Crippen LogP contribution in [0.25, 0.3) is 0 Å². The van der Waals surface area contributed by atoms with Crippen molar-refractivity contribution in [3.8, 4) is 11.5 Å². The van der Waals surface area contributed by atoms with Gasteiger partial charge in [0.25, 0.3) is 0 Å². The fourth-order valence-electron chi connectivity index (χ4n) is 5.26. The quantitative estimate of drug-likeness (QED) is 0.485. The van der Waals surface area contributed by atoms with E-state index in [1.54, 1.807) is 19.1 Å². The molecule has 1 aromatic rings. The monoisotopic (exact) mass is 458 g/mol. The summed E-state index contributed by atoms with van der Waals surface area (Å²) in [6.45, 7) is 11.3. The molecule has 0 spiro atoms. The Morgan fingerprint density at radius 3 is 2.55 bits per heavy atom. The SMILES string of the molecule is CCOC(=O)C1=C(CNC2CC(C)(C)NC(C)(C)C2)NC(=O)N[C@H]1c1ccc2c(c1)OCO2. The zero-order chi connectivity index (χ0) is 23.8. The maximum absolute atomic E-state index is 13.0. The van der Waals surface area contributed by atoms with Crippen molar-refractivity contribution in [2.24, 2.45) is 0 Å². The number of carbonyl (C=O) groups excluding carboxylic acids is 2. The summed E-state index contributed by atoms with van der Waals surface area (Å²) in [5, 5.41) is 12.9. The third-order valence-corrected chi connectivity index (χ3v) is 6.14. The molecule has 9 heteroatoms. The Bertz CT molecular complexity index is 956. The number of carbonyl (C=O) groups is 2. The number of benzene rings is 1. The Balaban J connectivity index is 1.63. The van der Waals surface area contributed by atoms with Crippen LogP contribution in [-0.4, -0.2) is 49.1 Å². The highest BCUT2D eigenvalue weighted by molar-refractivity contribution is 5.95. The first-order chi connectivity index (χ1) is 15.6. The van der Waals surface area contributed by atoms with Crippen molar-refractivity contribution in [2.75, 3.05) is 19.9 Å². The highest BCUT2D eigenvalue weighted by Gasteiger charge is 2.39. The molecule has 2 amide bonds. The Morgan fingerprint density at radius 1 is 1.15 bits per heavy atom. The molecule has 0 saturated carbocycles. The highest BCUT2D eigenvalue weighted by atomic mass is 16.7. The summed E-state index contributed by atoms with van der Waals surface area (Å²) in [5.74, 6) is 0.761. The van der Waals surface area contributed by atoms with E-state index in [4.69, 9.17) is 14.2 Å². The number of rotatable bonds is 6. The van der Waals surface area contributed by atoms with Crippen LogP contribution in [-0.2, 0) is 9.53 Å². The third kappa shape index (κ3) is 5.25. The predicted octanol–water partition coefficient (Wildman–Crippen LogP) is 2.49. The van der Waals surface area contributed by atoms with E-state index in [0.717, 1.165) is 18.4 Å². The summed E-state index contributed by atoms with van der Waals surface area (Å²) in [7, 11) is 0. The summed E-state index contributed by atoms with van der Waals surface area (Å²) < 4.78 is 16.3. The van der Waals surface area contributed by atoms with Crippen molar-refractivity contribution in [2.45, 2.75) is 70.6 Å². The van der Waals surface area contributed by atoms with Crippen molar-refractivity contribution in [1.82, 2.24) is 21.3 Å². The standard InChI is InChI=1S/C24H34N4O5/c1-6-31-21(29)19-16(12-25-15-10-23(2,3)28-24(4,5)11-15)26-22(30)27-20(19)14-7-8-17-18(9-14)33-13-32-17/h7-9,15,20,25,28H,6,10-13H2,1-5H3,(H2,26,27,30)/t20-/m0/s1. The highest BCUT2D eigenvalue weighted by Crippen LogP contribution is 2.37. The van der Waals surface area contributed by atoms with E-state index in [1.807, 2.05) is 6.07 Å². The lowest BCUT2D eigenvalue weighted by Gasteiger charge is -2.47. The van der Waals surface area contributed by atoms with Gasteiger partial charge in [-0.3, -0.25) is 0 Å². The maximum Gasteiger partial charge on any atom is 0.338 e. The summed E-state index contributed by atoms with van der Waals surface area (Å²) >= 11 is 0. The number of hydrogen-bond acceptors (Lipinski definition) is 7. The minimum Gasteiger partial charge on any atom is -0.463 e. The molecule has 9 nitrogen and oxygen atoms in total. The maximum atomic E-state index is 13.0. The summed E-state index contributed by atoms with van der Waals surface area (Å²) in [4.78, 5) is 25.6. The molecule has 0 radical (unpaired) electrons. The molecule has 3 aliphatic rings. The summed E-state index contributed by atoms with van der Waals surface area (Å²) in [6.07, 6.45) is 1.85. The fraction of sp³-hybridized carbons (Fsp3) is 0.583. The number of nitrogens with one attached hydrogen (secondary N) is 4. The topological polar surface area (TPSA) is 110 Å². The van der Waals surface area contributed by atoms with Gasteiger partial charge in [-0.2, -0.15) is 0 Å². The van der Waals surface area contributed by atoms with Crippen LogP contribution in [0.5, 0.6) is 11.5 Å². The van der Waals surface area contributed by atoms with Crippen LogP contribution in [0.1, 0.15) is 59.1 Å². The average molecular weight is 459 g/mol. The molecule has 180 valence electrons. The number of hydrogen-bond donors (Lipinski definition) is 4. The second-order valence-corrected chi connectivity index (χ2v) is 10.1. The first kappa shape index (κ1) is 23.4. The van der Waals surface area contributed by atoms with Crippen molar-refractivity contribution in [1.29, 1.82) is 0 Å². The van der Waals surface area contributed by atoms with E-state index in [1.165, 1.54) is 0 Å². The number of ether oxygens (including phenoxy) is 3. The van der Waals surface area contributed by atoms with Crippen LogP contribution >= 0.6 is 0 Å². The minimum atomic E-state index is -0.662. The van der Waals surface area contributed by atoms with E-state index < -0.39 is 12.0 Å². The minimum absolute atomic E-state index is 0.0237. The number of urea groups is 1. The van der Waals surface area contributed by atoms with Gasteiger partial charge < -0.3 is 35.5 Å². The predicted molar refractivity (Wildman–Crippen MR) is 123 cm³/mol. The van der Waals surface area contributed by atoms with Gasteiger partial charge in [0, 0.05) is 29.4 Å². The van der Waals surface area contributed by atoms with Gasteiger partial charge in [0.05, 0.1) is 18.2 Å². The first-order valence-corrected chi connectivity index (χ1v) is 11.5. The Kier molecular flexibility index (Phi) is 6.28. The van der Waals surface area contributed by atoms with Crippen LogP contribution in [0, 0.1) is 0 Å². The van der Waals surface area contributed by atoms with Crippen molar-refractivity contribution in [3.63, 3.8) is 0 Å². The third-order valence-electron chi connectivity index (χ3n) is 6.14. The van der Waals surface area contributed by atoms with Crippen molar-refractivity contribution >= 4 is 12.0 Å². The molecule has 1 saturated heterocycles. The van der Waals surface area contributed by atoms with Gasteiger partial charge in [-0.25, -0.2) is 9.59 Å². The molecule has 3 heterocycles. The zero-order valence-corrected chi connectivity index (χ0v) is 20.0. The Hall–Kier alpha value is -2.78. The molecule has 0 aromatic heterocycles. The van der Waals surface area contributed by atoms with Crippen LogP contribution < -0.4 is 30.7 Å². The number of esters is 1. The lowest BCUT2D eigenvalue weighted by atomic mass is 9.79. The Morgan fingerprint density at radius 2 is 1.85 bits per heavy atom. The van der Waals surface area contributed by atoms with Crippen molar-refractivity contribution < 1.29 is 23.8 Å². The number of fused-ring (bicyclic) bond motifs is 1. The second-order valence-electron chi connectivity index (χ2n) is 10.1. The second kappa shape index (κ2) is 8.87. The molecule has 0 bridgehead atoms. The van der Waals surface area contributed by atoms with Gasteiger partial charge in [-0.15, -0.1) is 0 Å². The fourth-order valence-corrected chi connectivity index (χ4v) is 5.26. The zero-order valence-electron chi connectivity index (χ0n) is 20.0. The van der Waals surface area contributed by atoms with Gasteiger partial charge in [0.1, 0.15) is 0 Å². The number of piperidine rings is 1. The summed E-state index contributed by atoms with van der Waals surface area (Å²) in [5.41, 5.74) is 1.58. The normalized spacial score (nSPS) is 23.7. The Labute approximate surface area is 194 Å². The van der Waals surface area contributed by atoms with E-state index >= 15 is 0 Å². The lowest BCUT2D eigenvalue weighted by molar-refractivity contribution is -0.139. The van der Waals surface area contributed by atoms with Gasteiger partial charge in [-0.05, 0) is 65.2 Å². The average Bonchev–Trinajstić information content (AvgIpc) is 3.17. The molecule has 1 aromatic carbocycles. The van der Waals surface area contributed by atoms with Crippen LogP contribution in [0.4, 0.5) is 4.79 Å².